The van der Waals surface area contributed by atoms with E-state index in [0.717, 1.165) is 0 Å². The molecule has 0 radical (unpaired) electrons. The minimum atomic E-state index is -2.20. The SMILES string of the molecule is CC(=O)N[C@@H]1C(O)C[C@](OCc2ccccc2)(C(=O)O)OC1CNC(Cc1cnc[nH]1)C(=O)O. The van der Waals surface area contributed by atoms with Crippen molar-refractivity contribution < 1.29 is 39.2 Å². The van der Waals surface area contributed by atoms with Gasteiger partial charge in [0.15, 0.2) is 0 Å². The van der Waals surface area contributed by atoms with E-state index in [1.165, 1.54) is 19.4 Å². The number of hydrogen-bond donors (Lipinski definition) is 6. The Bertz CT molecular complexity index is 971. The molecular formula is C22H28N4O8. The van der Waals surface area contributed by atoms with Crippen LogP contribution in [0.3, 0.4) is 0 Å². The molecule has 2 heterocycles. The van der Waals surface area contributed by atoms with Crippen molar-refractivity contribution in [1.82, 2.24) is 20.6 Å². The lowest BCUT2D eigenvalue weighted by molar-refractivity contribution is -0.298. The summed E-state index contributed by atoms with van der Waals surface area (Å²) in [6, 6.07) is 6.80. The van der Waals surface area contributed by atoms with Gasteiger partial charge in [0.05, 0.1) is 31.2 Å². The number of carbonyl (C=O) groups is 3. The van der Waals surface area contributed by atoms with Crippen molar-refractivity contribution in [3.63, 3.8) is 0 Å². The van der Waals surface area contributed by atoms with Gasteiger partial charge < -0.3 is 40.4 Å². The highest BCUT2D eigenvalue weighted by atomic mass is 16.7. The first-order valence-corrected chi connectivity index (χ1v) is 10.7. The molecule has 3 unspecified atom stereocenters. The van der Waals surface area contributed by atoms with Crippen molar-refractivity contribution in [2.24, 2.45) is 0 Å². The van der Waals surface area contributed by atoms with Crippen molar-refractivity contribution >= 4 is 17.8 Å². The van der Waals surface area contributed by atoms with Crippen LogP contribution in [0.4, 0.5) is 0 Å². The maximum absolute atomic E-state index is 12.2. The predicted octanol–water partition coefficient (Wildman–Crippen LogP) is -0.353. The van der Waals surface area contributed by atoms with Crippen LogP contribution in [0.25, 0.3) is 0 Å². The Morgan fingerprint density at radius 1 is 1.29 bits per heavy atom. The number of aromatic amines is 1. The summed E-state index contributed by atoms with van der Waals surface area (Å²) in [5, 5.41) is 35.7. The molecule has 0 saturated carbocycles. The minimum Gasteiger partial charge on any atom is -0.480 e. The summed E-state index contributed by atoms with van der Waals surface area (Å²) < 4.78 is 11.5. The number of H-pyrrole nitrogens is 1. The first-order chi connectivity index (χ1) is 16.2. The van der Waals surface area contributed by atoms with Gasteiger partial charge in [-0.05, 0) is 5.56 Å². The second-order valence-corrected chi connectivity index (χ2v) is 8.07. The van der Waals surface area contributed by atoms with Gasteiger partial charge in [0.2, 0.25) is 5.91 Å². The number of carbonyl (C=O) groups excluding carboxylic acids is 1. The molecule has 1 aromatic heterocycles. The van der Waals surface area contributed by atoms with Gasteiger partial charge in [-0.3, -0.25) is 9.59 Å². The Morgan fingerprint density at radius 2 is 2.03 bits per heavy atom. The van der Waals surface area contributed by atoms with E-state index in [-0.39, 0.29) is 19.6 Å². The number of aromatic nitrogens is 2. The van der Waals surface area contributed by atoms with Crippen LogP contribution in [0.1, 0.15) is 24.6 Å². The van der Waals surface area contributed by atoms with Gasteiger partial charge in [0, 0.05) is 38.2 Å². The highest BCUT2D eigenvalue weighted by Gasteiger charge is 2.53. The number of imidazole rings is 1. The van der Waals surface area contributed by atoms with E-state index in [4.69, 9.17) is 9.47 Å². The van der Waals surface area contributed by atoms with Gasteiger partial charge in [-0.15, -0.1) is 0 Å². The smallest absolute Gasteiger partial charge is 0.364 e. The summed E-state index contributed by atoms with van der Waals surface area (Å²) in [6.07, 6.45) is 0.116. The number of aliphatic hydroxyl groups is 1. The van der Waals surface area contributed by atoms with E-state index < -0.39 is 54.3 Å². The molecule has 184 valence electrons. The third kappa shape index (κ3) is 6.38. The van der Waals surface area contributed by atoms with E-state index in [0.29, 0.717) is 11.3 Å². The summed E-state index contributed by atoms with van der Waals surface area (Å²) >= 11 is 0. The number of hydrogen-bond acceptors (Lipinski definition) is 8. The molecule has 2 aromatic rings. The average molecular weight is 476 g/mol. The molecule has 1 aliphatic rings. The largest absolute Gasteiger partial charge is 0.480 e. The van der Waals surface area contributed by atoms with Crippen LogP contribution in [0.5, 0.6) is 0 Å². The zero-order valence-electron chi connectivity index (χ0n) is 18.5. The molecule has 1 aromatic carbocycles. The second-order valence-electron chi connectivity index (χ2n) is 8.07. The normalized spacial score (nSPS) is 25.4. The number of benzene rings is 1. The zero-order valence-corrected chi connectivity index (χ0v) is 18.5. The summed E-state index contributed by atoms with van der Waals surface area (Å²) in [5.41, 5.74) is 1.28. The summed E-state index contributed by atoms with van der Waals surface area (Å²) in [5.74, 6) is -5.25. The van der Waals surface area contributed by atoms with Gasteiger partial charge in [-0.1, -0.05) is 30.3 Å². The number of aliphatic carboxylic acids is 2. The first kappa shape index (κ1) is 25.3. The van der Waals surface area contributed by atoms with Crippen LogP contribution in [0.2, 0.25) is 0 Å². The van der Waals surface area contributed by atoms with E-state index in [1.54, 1.807) is 30.3 Å². The zero-order chi connectivity index (χ0) is 24.7. The molecule has 0 bridgehead atoms. The highest BCUT2D eigenvalue weighted by molar-refractivity contribution is 5.76. The monoisotopic (exact) mass is 476 g/mol. The fraction of sp³-hybridized carbons (Fsp3) is 0.455. The lowest BCUT2D eigenvalue weighted by Gasteiger charge is -2.44. The number of rotatable bonds is 11. The number of nitrogens with one attached hydrogen (secondary N) is 3. The third-order valence-corrected chi connectivity index (χ3v) is 5.49. The number of amides is 1. The van der Waals surface area contributed by atoms with Crippen LogP contribution in [0.15, 0.2) is 42.9 Å². The third-order valence-electron chi connectivity index (χ3n) is 5.49. The molecule has 1 amide bonds. The molecule has 0 aliphatic carbocycles. The topological polar surface area (TPSA) is 183 Å². The van der Waals surface area contributed by atoms with E-state index in [1.807, 2.05) is 0 Å². The van der Waals surface area contributed by atoms with E-state index in [9.17, 15) is 29.7 Å². The molecule has 1 fully saturated rings. The number of carboxylic acid groups (broad SMARTS) is 2. The summed E-state index contributed by atoms with van der Waals surface area (Å²) in [7, 11) is 0. The van der Waals surface area contributed by atoms with Gasteiger partial charge >= 0.3 is 11.9 Å². The average Bonchev–Trinajstić information content (AvgIpc) is 3.30. The van der Waals surface area contributed by atoms with Crippen molar-refractivity contribution in [3.8, 4) is 0 Å². The van der Waals surface area contributed by atoms with E-state index in [2.05, 4.69) is 20.6 Å². The molecule has 3 rings (SSSR count). The van der Waals surface area contributed by atoms with Crippen LogP contribution < -0.4 is 10.6 Å². The fourth-order valence-electron chi connectivity index (χ4n) is 3.80. The first-order valence-electron chi connectivity index (χ1n) is 10.7. The van der Waals surface area contributed by atoms with Crippen LogP contribution in [0, 0.1) is 0 Å². The Labute approximate surface area is 195 Å². The van der Waals surface area contributed by atoms with Gasteiger partial charge in [-0.25, -0.2) is 9.78 Å². The van der Waals surface area contributed by atoms with Crippen LogP contribution in [-0.4, -0.2) is 79.8 Å². The Balaban J connectivity index is 1.78. The molecule has 6 N–H and O–H groups in total. The summed E-state index contributed by atoms with van der Waals surface area (Å²) in [6.45, 7) is 0.972. The molecule has 12 nitrogen and oxygen atoms in total. The number of nitrogens with zero attached hydrogens (tertiary/aromatic N) is 1. The lowest BCUT2D eigenvalue weighted by Crippen LogP contribution is -2.66. The number of carboxylic acids is 2. The molecule has 0 spiro atoms. The number of ether oxygens (including phenoxy) is 2. The minimum absolute atomic E-state index is 0.0734. The molecule has 12 heteroatoms. The molecular weight excluding hydrogens is 448 g/mol. The molecule has 1 saturated heterocycles. The van der Waals surface area contributed by atoms with Crippen molar-refractivity contribution in [3.05, 3.63) is 54.1 Å². The lowest BCUT2D eigenvalue weighted by atomic mass is 9.92. The van der Waals surface area contributed by atoms with Gasteiger partial charge in [-0.2, -0.15) is 0 Å². The van der Waals surface area contributed by atoms with Gasteiger partial charge in [0.25, 0.3) is 5.79 Å². The summed E-state index contributed by atoms with van der Waals surface area (Å²) in [4.78, 5) is 42.3. The van der Waals surface area contributed by atoms with Crippen molar-refractivity contribution in [1.29, 1.82) is 0 Å². The fourth-order valence-corrected chi connectivity index (χ4v) is 3.80. The molecule has 34 heavy (non-hydrogen) atoms. The van der Waals surface area contributed by atoms with Crippen LogP contribution >= 0.6 is 0 Å². The Hall–Kier alpha value is -3.32. The maximum atomic E-state index is 12.2. The number of aliphatic hydroxyl groups excluding tert-OH is 1. The second kappa shape index (κ2) is 11.2. The maximum Gasteiger partial charge on any atom is 0.364 e. The van der Waals surface area contributed by atoms with Crippen molar-refractivity contribution in [2.45, 2.75) is 56.5 Å². The molecule has 1 aliphatic heterocycles. The quantitative estimate of drug-likeness (QED) is 0.251. The predicted molar refractivity (Wildman–Crippen MR) is 116 cm³/mol. The standard InChI is InChI=1S/C22H28N4O8/c1-13(27)26-19-17(28)8-22(21(31)32,33-11-14-5-3-2-4-6-14)34-18(19)10-24-16(20(29)30)7-15-9-23-12-25-15/h2-6,9,12,16-19,24,28H,7-8,10-11H2,1H3,(H,23,25)(H,26,27)(H,29,30)(H,31,32)/t16?,17?,18?,19-,22-/m1/s1. The van der Waals surface area contributed by atoms with Crippen molar-refractivity contribution in [2.75, 3.05) is 6.54 Å². The Morgan fingerprint density at radius 3 is 2.62 bits per heavy atom. The van der Waals surface area contributed by atoms with Crippen LogP contribution in [-0.2, 0) is 36.9 Å². The van der Waals surface area contributed by atoms with Gasteiger partial charge in [0.1, 0.15) is 6.04 Å². The van der Waals surface area contributed by atoms with E-state index >= 15 is 0 Å². The Kier molecular flexibility index (Phi) is 8.34. The highest BCUT2D eigenvalue weighted by Crippen LogP contribution is 2.32. The molecule has 5 atom stereocenters.